The number of carboxylic acid groups (broad SMARTS) is 1. The first-order chi connectivity index (χ1) is 15.7. The van der Waals surface area contributed by atoms with Crippen molar-refractivity contribution in [1.29, 1.82) is 0 Å². The first-order valence-electron chi connectivity index (χ1n) is 10.2. The number of nitrogens with zero attached hydrogens (tertiary/aromatic N) is 3. The van der Waals surface area contributed by atoms with Crippen LogP contribution in [0.4, 0.5) is 10.6 Å². The van der Waals surface area contributed by atoms with E-state index in [4.69, 9.17) is 9.47 Å². The van der Waals surface area contributed by atoms with E-state index in [1.807, 2.05) is 54.6 Å². The number of ether oxygens (including phenoxy) is 2. The van der Waals surface area contributed by atoms with Crippen molar-refractivity contribution in [3.05, 3.63) is 66.9 Å². The van der Waals surface area contributed by atoms with E-state index in [0.29, 0.717) is 53.6 Å². The van der Waals surface area contributed by atoms with Gasteiger partial charge in [-0.2, -0.15) is 5.10 Å². The second kappa shape index (κ2) is 10.6. The number of pyridine rings is 1. The zero-order chi connectivity index (χ0) is 21.9. The van der Waals surface area contributed by atoms with Gasteiger partial charge in [0, 0.05) is 31.4 Å². The molecule has 1 saturated heterocycles. The maximum Gasteiger partial charge on any atom is 1.00 e. The second-order valence-corrected chi connectivity index (χ2v) is 7.44. The number of aromatic amines is 1. The smallest absolute Gasteiger partial charge is 0.530 e. The molecule has 10 heteroatoms. The van der Waals surface area contributed by atoms with Gasteiger partial charge in [0.05, 0.1) is 0 Å². The van der Waals surface area contributed by atoms with Crippen LogP contribution in [0.5, 0.6) is 23.0 Å². The maximum atomic E-state index is 11.1. The molecule has 1 amide bonds. The van der Waals surface area contributed by atoms with E-state index in [9.17, 15) is 9.90 Å². The van der Waals surface area contributed by atoms with Crippen LogP contribution >= 0.6 is 0 Å². The van der Waals surface area contributed by atoms with E-state index in [2.05, 4.69) is 20.5 Å². The Bertz CT molecular complexity index is 1230. The number of hydrogen-bond donors (Lipinski definition) is 2. The van der Waals surface area contributed by atoms with Crippen LogP contribution in [0, 0.1) is 0 Å². The van der Waals surface area contributed by atoms with Crippen LogP contribution in [-0.4, -0.2) is 45.3 Å². The minimum atomic E-state index is -1.16. The predicted molar refractivity (Wildman–Crippen MR) is 116 cm³/mol. The molecule has 0 bridgehead atoms. The number of carbonyl (C=O) groups is 1. The van der Waals surface area contributed by atoms with Crippen molar-refractivity contribution < 1.29 is 77.6 Å². The second-order valence-electron chi connectivity index (χ2n) is 7.44. The van der Waals surface area contributed by atoms with Crippen LogP contribution in [0.1, 0.15) is 6.42 Å². The molecule has 0 aliphatic carbocycles. The van der Waals surface area contributed by atoms with Crippen molar-refractivity contribution in [3.63, 3.8) is 0 Å². The van der Waals surface area contributed by atoms with Crippen LogP contribution in [0.15, 0.2) is 66.9 Å². The van der Waals surface area contributed by atoms with Gasteiger partial charge in [-0.1, -0.05) is 18.2 Å². The van der Waals surface area contributed by atoms with Gasteiger partial charge in [-0.25, -0.2) is 4.98 Å². The summed E-state index contributed by atoms with van der Waals surface area (Å²) >= 11 is 0. The van der Waals surface area contributed by atoms with Crippen LogP contribution in [0.25, 0.3) is 11.0 Å². The molecule has 1 atom stereocenters. The summed E-state index contributed by atoms with van der Waals surface area (Å²) in [5.41, 5.74) is 0.573. The molecule has 0 saturated carbocycles. The molecule has 5 rings (SSSR count). The average Bonchev–Trinajstić information content (AvgIpc) is 3.44. The van der Waals surface area contributed by atoms with Gasteiger partial charge in [-0.05, 0) is 42.8 Å². The fourth-order valence-corrected chi connectivity index (χ4v) is 3.68. The van der Waals surface area contributed by atoms with Crippen LogP contribution in [0.2, 0.25) is 0 Å². The van der Waals surface area contributed by atoms with Crippen LogP contribution in [0.3, 0.4) is 0 Å². The number of hydrogen-bond acceptors (Lipinski definition) is 7. The molecule has 1 aliphatic heterocycles. The third-order valence-electron chi connectivity index (χ3n) is 5.24. The number of aromatic nitrogens is 3. The van der Waals surface area contributed by atoms with E-state index < -0.39 is 6.09 Å². The Kier molecular flexibility index (Phi) is 7.64. The number of para-hydroxylation sites is 1. The third kappa shape index (κ3) is 5.55. The number of fused-ring (bicyclic) bond motifs is 1. The molecule has 2 N–H and O–H groups in total. The van der Waals surface area contributed by atoms with Crippen molar-refractivity contribution in [2.45, 2.75) is 12.5 Å². The Hall–Kier alpha value is -2.46. The molecular formula is C23H20N5O4Rb. The van der Waals surface area contributed by atoms with Crippen molar-refractivity contribution in [2.24, 2.45) is 0 Å². The molecule has 9 nitrogen and oxygen atoms in total. The summed E-state index contributed by atoms with van der Waals surface area (Å²) in [4.78, 5) is 16.7. The standard InChI is InChI=1S/C23H21N5O4.Rb/c29-23(30)28-13-11-15(14-28)25-22-20-19(10-12-24-21(20)26-27-22)32-18-8-6-17(7-9-18)31-16-4-2-1-3-5-16;/h1-10,12,15H,11,13-14H2,(H,29,30)(H2,24,25,26,27);/q;+1/p-1. The summed E-state index contributed by atoms with van der Waals surface area (Å²) in [5, 5.41) is 22.3. The topological polar surface area (TPSA) is 115 Å². The van der Waals surface area contributed by atoms with E-state index in [1.54, 1.807) is 12.3 Å². The Balaban J connectivity index is 0.00000259. The van der Waals surface area contributed by atoms with Crippen LogP contribution < -0.4 is 78.1 Å². The molecule has 162 valence electrons. The molecule has 33 heavy (non-hydrogen) atoms. The third-order valence-corrected chi connectivity index (χ3v) is 5.24. The van der Waals surface area contributed by atoms with Crippen molar-refractivity contribution >= 4 is 22.9 Å². The Labute approximate surface area is 238 Å². The normalized spacial score (nSPS) is 15.2. The SMILES string of the molecule is O=C([O-])N1CCC(Nc2n[nH]c3nccc(Oc4ccc(Oc5ccccc5)cc4)c23)C1.[Rb+]. The minimum Gasteiger partial charge on any atom is -0.530 e. The fourth-order valence-electron chi connectivity index (χ4n) is 3.68. The maximum absolute atomic E-state index is 11.1. The van der Waals surface area contributed by atoms with Gasteiger partial charge in [-0.3, -0.25) is 5.10 Å². The summed E-state index contributed by atoms with van der Waals surface area (Å²) in [5.74, 6) is 3.24. The number of nitrogens with one attached hydrogen (secondary N) is 2. The van der Waals surface area contributed by atoms with Crippen molar-refractivity contribution in [3.8, 4) is 23.0 Å². The number of H-pyrrole nitrogens is 1. The summed E-state index contributed by atoms with van der Waals surface area (Å²) in [6.45, 7) is 0.775. The number of likely N-dealkylation sites (tertiary alicyclic amines) is 1. The van der Waals surface area contributed by atoms with Gasteiger partial charge in [0.15, 0.2) is 11.5 Å². The average molecular weight is 516 g/mol. The van der Waals surface area contributed by atoms with E-state index in [1.165, 1.54) is 4.90 Å². The number of amides is 1. The monoisotopic (exact) mass is 515 g/mol. The van der Waals surface area contributed by atoms with Gasteiger partial charge < -0.3 is 29.6 Å². The summed E-state index contributed by atoms with van der Waals surface area (Å²) < 4.78 is 11.9. The van der Waals surface area contributed by atoms with Gasteiger partial charge in [0.25, 0.3) is 0 Å². The van der Waals surface area contributed by atoms with E-state index in [0.717, 1.165) is 5.75 Å². The first kappa shape index (κ1) is 23.7. The number of rotatable bonds is 6. The molecular weight excluding hydrogens is 496 g/mol. The zero-order valence-electron chi connectivity index (χ0n) is 18.0. The number of anilines is 1. The minimum absolute atomic E-state index is 0. The molecule has 0 spiro atoms. The molecule has 4 aromatic rings. The zero-order valence-corrected chi connectivity index (χ0v) is 22.9. The van der Waals surface area contributed by atoms with Gasteiger partial charge in [0.2, 0.25) is 0 Å². The predicted octanol–water partition coefficient (Wildman–Crippen LogP) is 0.376. The molecule has 0 radical (unpaired) electrons. The molecule has 1 fully saturated rings. The molecule has 2 aromatic heterocycles. The van der Waals surface area contributed by atoms with Crippen molar-refractivity contribution in [2.75, 3.05) is 18.4 Å². The first-order valence-corrected chi connectivity index (χ1v) is 10.2. The van der Waals surface area contributed by atoms with Gasteiger partial charge in [0.1, 0.15) is 34.5 Å². The molecule has 3 heterocycles. The molecule has 1 unspecified atom stereocenters. The van der Waals surface area contributed by atoms with Crippen LogP contribution in [-0.2, 0) is 0 Å². The quantitative estimate of drug-likeness (QED) is 0.381. The summed E-state index contributed by atoms with van der Waals surface area (Å²) in [7, 11) is 0. The van der Waals surface area contributed by atoms with Gasteiger partial charge >= 0.3 is 58.2 Å². The number of carbonyl (C=O) groups excluding carboxylic acids is 1. The Morgan fingerprint density at radius 2 is 1.73 bits per heavy atom. The largest absolute Gasteiger partial charge is 1.00 e. The van der Waals surface area contributed by atoms with Crippen molar-refractivity contribution in [1.82, 2.24) is 20.1 Å². The number of benzene rings is 2. The Morgan fingerprint density at radius 3 is 2.42 bits per heavy atom. The molecule has 2 aromatic carbocycles. The fraction of sp³-hybridized carbons (Fsp3) is 0.174. The summed E-state index contributed by atoms with van der Waals surface area (Å²) in [6, 6.07) is 18.6. The van der Waals surface area contributed by atoms with E-state index >= 15 is 0 Å². The van der Waals surface area contributed by atoms with Gasteiger partial charge in [-0.15, -0.1) is 0 Å². The van der Waals surface area contributed by atoms with E-state index in [-0.39, 0.29) is 64.2 Å². The summed E-state index contributed by atoms with van der Waals surface area (Å²) in [6.07, 6.45) is 1.15. The Morgan fingerprint density at radius 1 is 1.03 bits per heavy atom. The molecule has 1 aliphatic rings.